The number of benzene rings is 1. The molecular weight excluding hydrogens is 270 g/mol. The standard InChI is InChI=1S/C12H15NO3S2/c1-9(13-14)7-18(15,16)8-10-2-3-12-11(6-10)4-5-17-12/h2-6,9,13-14H,7-8H2,1H3/t9-/m0/s1. The molecule has 1 heterocycles. The van der Waals surface area contributed by atoms with Crippen LogP contribution in [0.1, 0.15) is 12.5 Å². The van der Waals surface area contributed by atoms with Gasteiger partial charge in [0.1, 0.15) is 0 Å². The van der Waals surface area contributed by atoms with Gasteiger partial charge in [-0.3, -0.25) is 0 Å². The van der Waals surface area contributed by atoms with Crippen molar-refractivity contribution in [2.75, 3.05) is 5.75 Å². The first-order chi connectivity index (χ1) is 8.50. The number of rotatable bonds is 5. The highest BCUT2D eigenvalue weighted by molar-refractivity contribution is 7.90. The number of nitrogens with one attached hydrogen (secondary N) is 1. The molecule has 4 nitrogen and oxygen atoms in total. The SMILES string of the molecule is C[C@@H](CS(=O)(=O)Cc1ccc2sccc2c1)NO. The van der Waals surface area contributed by atoms with Crippen LogP contribution in [-0.2, 0) is 15.6 Å². The van der Waals surface area contributed by atoms with Crippen molar-refractivity contribution in [3.63, 3.8) is 0 Å². The first kappa shape index (κ1) is 13.5. The Morgan fingerprint density at radius 1 is 1.39 bits per heavy atom. The van der Waals surface area contributed by atoms with Crippen LogP contribution >= 0.6 is 11.3 Å². The molecule has 0 unspecified atom stereocenters. The van der Waals surface area contributed by atoms with E-state index in [1.807, 2.05) is 35.1 Å². The van der Waals surface area contributed by atoms with Crippen molar-refractivity contribution in [2.45, 2.75) is 18.7 Å². The Balaban J connectivity index is 2.17. The lowest BCUT2D eigenvalue weighted by Gasteiger charge is -2.09. The summed E-state index contributed by atoms with van der Waals surface area (Å²) in [5, 5.41) is 11.7. The molecule has 0 saturated carbocycles. The minimum absolute atomic E-state index is 0.00477. The second kappa shape index (κ2) is 5.36. The van der Waals surface area contributed by atoms with Gasteiger partial charge in [-0.15, -0.1) is 11.3 Å². The molecule has 98 valence electrons. The Morgan fingerprint density at radius 3 is 2.89 bits per heavy atom. The molecule has 6 heteroatoms. The molecule has 0 bridgehead atoms. The summed E-state index contributed by atoms with van der Waals surface area (Å²) in [5.74, 6) is -0.0734. The Bertz CT molecular complexity index is 634. The van der Waals surface area contributed by atoms with Gasteiger partial charge in [0.05, 0.1) is 11.5 Å². The average Bonchev–Trinajstić information content (AvgIpc) is 2.74. The quantitative estimate of drug-likeness (QED) is 0.826. The molecule has 2 N–H and O–H groups in total. The zero-order valence-electron chi connectivity index (χ0n) is 9.96. The largest absolute Gasteiger partial charge is 0.317 e. The van der Waals surface area contributed by atoms with Crippen LogP contribution in [0.4, 0.5) is 0 Å². The van der Waals surface area contributed by atoms with Crippen molar-refractivity contribution in [1.82, 2.24) is 5.48 Å². The van der Waals surface area contributed by atoms with Gasteiger partial charge < -0.3 is 5.21 Å². The molecule has 0 amide bonds. The lowest BCUT2D eigenvalue weighted by Crippen LogP contribution is -2.30. The number of hydrogen-bond donors (Lipinski definition) is 2. The van der Waals surface area contributed by atoms with Crippen LogP contribution < -0.4 is 5.48 Å². The van der Waals surface area contributed by atoms with Crippen LogP contribution in [0, 0.1) is 0 Å². The summed E-state index contributed by atoms with van der Waals surface area (Å²) in [7, 11) is -3.22. The van der Waals surface area contributed by atoms with Crippen molar-refractivity contribution in [3.8, 4) is 0 Å². The fraction of sp³-hybridized carbons (Fsp3) is 0.333. The van der Waals surface area contributed by atoms with Crippen molar-refractivity contribution in [1.29, 1.82) is 0 Å². The lowest BCUT2D eigenvalue weighted by atomic mass is 10.2. The highest BCUT2D eigenvalue weighted by Gasteiger charge is 2.16. The molecule has 1 aromatic heterocycles. The smallest absolute Gasteiger partial charge is 0.156 e. The molecule has 2 rings (SSSR count). The first-order valence-corrected chi connectivity index (χ1v) is 8.26. The normalized spacial score (nSPS) is 13.9. The van der Waals surface area contributed by atoms with Crippen molar-refractivity contribution in [3.05, 3.63) is 35.2 Å². The topological polar surface area (TPSA) is 66.4 Å². The number of thiophene rings is 1. The van der Waals surface area contributed by atoms with Gasteiger partial charge >= 0.3 is 0 Å². The van der Waals surface area contributed by atoms with Gasteiger partial charge in [0, 0.05) is 10.7 Å². The second-order valence-corrected chi connectivity index (χ2v) is 7.43. The lowest BCUT2D eigenvalue weighted by molar-refractivity contribution is 0.141. The monoisotopic (exact) mass is 285 g/mol. The summed E-state index contributed by atoms with van der Waals surface area (Å²) in [4.78, 5) is 0. The first-order valence-electron chi connectivity index (χ1n) is 5.56. The molecule has 18 heavy (non-hydrogen) atoms. The zero-order valence-corrected chi connectivity index (χ0v) is 11.6. The number of fused-ring (bicyclic) bond motifs is 1. The third-order valence-corrected chi connectivity index (χ3v) is 5.31. The van der Waals surface area contributed by atoms with E-state index in [0.29, 0.717) is 0 Å². The molecule has 0 aliphatic rings. The molecule has 0 aliphatic carbocycles. The van der Waals surface area contributed by atoms with Crippen molar-refractivity contribution < 1.29 is 13.6 Å². The molecule has 2 aromatic rings. The maximum atomic E-state index is 11.9. The summed E-state index contributed by atoms with van der Waals surface area (Å²) in [6.07, 6.45) is 0. The third-order valence-electron chi connectivity index (χ3n) is 2.63. The van der Waals surface area contributed by atoms with E-state index in [0.717, 1.165) is 15.6 Å². The van der Waals surface area contributed by atoms with Crippen molar-refractivity contribution in [2.24, 2.45) is 0 Å². The van der Waals surface area contributed by atoms with Crippen LogP contribution in [-0.4, -0.2) is 25.4 Å². The van der Waals surface area contributed by atoms with Crippen LogP contribution in [0.3, 0.4) is 0 Å². The fourth-order valence-corrected chi connectivity index (χ4v) is 4.25. The second-order valence-electron chi connectivity index (χ2n) is 4.38. The highest BCUT2D eigenvalue weighted by Crippen LogP contribution is 2.22. The van der Waals surface area contributed by atoms with E-state index in [1.165, 1.54) is 0 Å². The molecule has 1 atom stereocenters. The van der Waals surface area contributed by atoms with Gasteiger partial charge in [-0.25, -0.2) is 13.9 Å². The summed E-state index contributed by atoms with van der Waals surface area (Å²) >= 11 is 1.64. The van der Waals surface area contributed by atoms with Crippen LogP contribution in [0.15, 0.2) is 29.6 Å². The maximum Gasteiger partial charge on any atom is 0.156 e. The third kappa shape index (κ3) is 3.29. The van der Waals surface area contributed by atoms with E-state index in [4.69, 9.17) is 5.21 Å². The summed E-state index contributed by atoms with van der Waals surface area (Å²) < 4.78 is 24.9. The molecular formula is C12H15NO3S2. The minimum atomic E-state index is -3.22. The van der Waals surface area contributed by atoms with Gasteiger partial charge in [0.2, 0.25) is 0 Å². The van der Waals surface area contributed by atoms with Gasteiger partial charge in [0.25, 0.3) is 0 Å². The predicted molar refractivity (Wildman–Crippen MR) is 73.7 cm³/mol. The molecule has 0 spiro atoms. The van der Waals surface area contributed by atoms with Gasteiger partial charge in [-0.1, -0.05) is 6.07 Å². The fourth-order valence-electron chi connectivity index (χ4n) is 1.84. The van der Waals surface area contributed by atoms with Crippen LogP contribution in [0.2, 0.25) is 0 Å². The number of sulfone groups is 1. The molecule has 0 fully saturated rings. The Morgan fingerprint density at radius 2 is 2.17 bits per heavy atom. The summed E-state index contributed by atoms with van der Waals surface area (Å²) in [6, 6.07) is 7.21. The Kier molecular flexibility index (Phi) is 4.01. The van der Waals surface area contributed by atoms with Crippen molar-refractivity contribution >= 4 is 31.3 Å². The molecule has 0 radical (unpaired) electrons. The highest BCUT2D eigenvalue weighted by atomic mass is 32.2. The average molecular weight is 285 g/mol. The van der Waals surface area contributed by atoms with E-state index in [1.54, 1.807) is 18.3 Å². The van der Waals surface area contributed by atoms with E-state index < -0.39 is 15.9 Å². The number of hydroxylamine groups is 1. The summed E-state index contributed by atoms with van der Waals surface area (Å²) in [5.41, 5.74) is 2.74. The maximum absolute atomic E-state index is 11.9. The van der Waals surface area contributed by atoms with Gasteiger partial charge in [0.15, 0.2) is 9.84 Å². The van der Waals surface area contributed by atoms with Crippen LogP contribution in [0.5, 0.6) is 0 Å². The zero-order chi connectivity index (χ0) is 13.2. The van der Waals surface area contributed by atoms with E-state index >= 15 is 0 Å². The molecule has 0 saturated heterocycles. The predicted octanol–water partition coefficient (Wildman–Crippen LogP) is 2.18. The minimum Gasteiger partial charge on any atom is -0.317 e. The van der Waals surface area contributed by atoms with E-state index in [2.05, 4.69) is 0 Å². The van der Waals surface area contributed by atoms with Gasteiger partial charge in [-0.05, 0) is 41.5 Å². The Hall–Kier alpha value is -0.950. The number of hydrogen-bond acceptors (Lipinski definition) is 5. The summed E-state index contributed by atoms with van der Waals surface area (Å²) in [6.45, 7) is 1.62. The Labute approximate surface area is 110 Å². The molecule has 1 aromatic carbocycles. The molecule has 0 aliphatic heterocycles. The van der Waals surface area contributed by atoms with E-state index in [-0.39, 0.29) is 11.5 Å². The van der Waals surface area contributed by atoms with Gasteiger partial charge in [-0.2, -0.15) is 0 Å². The van der Waals surface area contributed by atoms with Crippen LogP contribution in [0.25, 0.3) is 10.1 Å². The van der Waals surface area contributed by atoms with E-state index in [9.17, 15) is 8.42 Å².